The van der Waals surface area contributed by atoms with E-state index >= 15 is 0 Å². The lowest BCUT2D eigenvalue weighted by Gasteiger charge is -2.03. The minimum absolute atomic E-state index is 0.187. The van der Waals surface area contributed by atoms with E-state index in [-0.39, 0.29) is 5.12 Å². The number of hydrogen-bond donors (Lipinski definition) is 0. The zero-order chi connectivity index (χ0) is 8.97. The summed E-state index contributed by atoms with van der Waals surface area (Å²) in [6, 6.07) is 0. The summed E-state index contributed by atoms with van der Waals surface area (Å²) in [6.45, 7) is 0. The second kappa shape index (κ2) is 4.36. The summed E-state index contributed by atoms with van der Waals surface area (Å²) in [7, 11) is -1.33. The van der Waals surface area contributed by atoms with Crippen molar-refractivity contribution in [3.63, 3.8) is 0 Å². The molecule has 0 saturated heterocycles. The lowest BCUT2D eigenvalue weighted by molar-refractivity contribution is -0.110. The fourth-order valence-electron chi connectivity index (χ4n) is 1.07. The molecule has 12 heavy (non-hydrogen) atoms. The predicted molar refractivity (Wildman–Crippen MR) is 50.1 cm³/mol. The molecule has 2 nitrogen and oxygen atoms in total. The van der Waals surface area contributed by atoms with Crippen LogP contribution in [-0.2, 0) is 15.6 Å². The first-order valence-corrected chi connectivity index (χ1v) is 5.48. The molecule has 1 unspecified atom stereocenters. The third-order valence-electron chi connectivity index (χ3n) is 1.74. The monoisotopic (exact) mass is 184 g/mol. The molecule has 0 spiro atoms. The van der Waals surface area contributed by atoms with Gasteiger partial charge < -0.3 is 0 Å². The molecule has 0 bridgehead atoms. The molecule has 0 heterocycles. The minimum atomic E-state index is -1.33. The molecular formula is C9H12O2S. The fourth-order valence-corrected chi connectivity index (χ4v) is 1.44. The molecule has 0 aromatic carbocycles. The van der Waals surface area contributed by atoms with Gasteiger partial charge in [-0.2, -0.15) is 0 Å². The number of allylic oxidation sites excluding steroid dienone is 4. The predicted octanol–water partition coefficient (Wildman–Crippen LogP) is 1.56. The van der Waals surface area contributed by atoms with Crippen molar-refractivity contribution in [1.82, 2.24) is 0 Å². The molecule has 1 atom stereocenters. The highest BCUT2D eigenvalue weighted by Gasteiger charge is 2.08. The Labute approximate surface area is 74.8 Å². The van der Waals surface area contributed by atoms with Gasteiger partial charge in [-0.25, -0.2) is 0 Å². The van der Waals surface area contributed by atoms with E-state index < -0.39 is 10.8 Å². The summed E-state index contributed by atoms with van der Waals surface area (Å²) in [4.78, 5) is 11.0. The third kappa shape index (κ3) is 2.74. The van der Waals surface area contributed by atoms with E-state index in [9.17, 15) is 9.00 Å². The zero-order valence-corrected chi connectivity index (χ0v) is 7.89. The second-order valence-corrected chi connectivity index (χ2v) is 4.13. The van der Waals surface area contributed by atoms with E-state index in [0.717, 1.165) is 18.4 Å². The molecule has 1 aliphatic rings. The highest BCUT2D eigenvalue weighted by Crippen LogP contribution is 2.13. The molecule has 0 fully saturated rings. The normalized spacial score (nSPS) is 18.6. The summed E-state index contributed by atoms with van der Waals surface area (Å²) >= 11 is 0. The molecule has 3 heteroatoms. The molecule has 1 rings (SSSR count). The highest BCUT2D eigenvalue weighted by atomic mass is 32.2. The zero-order valence-electron chi connectivity index (χ0n) is 7.08. The van der Waals surface area contributed by atoms with E-state index in [1.807, 2.05) is 18.2 Å². The Kier molecular flexibility index (Phi) is 3.41. The molecule has 0 aromatic heterocycles. The summed E-state index contributed by atoms with van der Waals surface area (Å²) < 4.78 is 10.7. The van der Waals surface area contributed by atoms with Gasteiger partial charge >= 0.3 is 0 Å². The second-order valence-electron chi connectivity index (χ2n) is 2.76. The van der Waals surface area contributed by atoms with Crippen LogP contribution in [0, 0.1) is 0 Å². The first kappa shape index (κ1) is 9.39. The SMILES string of the molecule is CS(=O)C(=O)CC1=CCCC=C1. The van der Waals surface area contributed by atoms with Crippen LogP contribution in [-0.4, -0.2) is 15.6 Å². The largest absolute Gasteiger partial charge is 0.284 e. The first-order chi connectivity index (χ1) is 5.70. The molecule has 0 aliphatic heterocycles. The molecule has 0 aromatic rings. The van der Waals surface area contributed by atoms with Gasteiger partial charge in [-0.3, -0.25) is 9.00 Å². The Morgan fingerprint density at radius 1 is 1.58 bits per heavy atom. The minimum Gasteiger partial charge on any atom is -0.284 e. The van der Waals surface area contributed by atoms with Crippen molar-refractivity contribution in [2.45, 2.75) is 19.3 Å². The maximum Gasteiger partial charge on any atom is 0.222 e. The number of hydrogen-bond acceptors (Lipinski definition) is 2. The third-order valence-corrected chi connectivity index (χ3v) is 2.53. The summed E-state index contributed by atoms with van der Waals surface area (Å²) in [5, 5.41) is -0.187. The van der Waals surface area contributed by atoms with Crippen LogP contribution in [0.25, 0.3) is 0 Å². The van der Waals surface area contributed by atoms with Crippen molar-refractivity contribution in [3.05, 3.63) is 23.8 Å². The number of carbonyl (C=O) groups excluding carboxylic acids is 1. The maximum atomic E-state index is 11.0. The van der Waals surface area contributed by atoms with Gasteiger partial charge in [0.1, 0.15) is 0 Å². The fraction of sp³-hybridized carbons (Fsp3) is 0.444. The molecule has 0 N–H and O–H groups in total. The number of rotatable bonds is 2. The van der Waals surface area contributed by atoms with Crippen molar-refractivity contribution in [3.8, 4) is 0 Å². The lowest BCUT2D eigenvalue weighted by Crippen LogP contribution is -2.05. The van der Waals surface area contributed by atoms with E-state index in [2.05, 4.69) is 0 Å². The van der Waals surface area contributed by atoms with Crippen LogP contribution in [0.5, 0.6) is 0 Å². The average molecular weight is 184 g/mol. The topological polar surface area (TPSA) is 34.1 Å². The molecule has 0 radical (unpaired) electrons. The quantitative estimate of drug-likeness (QED) is 0.652. The molecular weight excluding hydrogens is 172 g/mol. The Morgan fingerprint density at radius 2 is 2.33 bits per heavy atom. The van der Waals surface area contributed by atoms with Gasteiger partial charge in [0.25, 0.3) is 0 Å². The highest BCUT2D eigenvalue weighted by molar-refractivity contribution is 7.99. The Balaban J connectivity index is 2.51. The van der Waals surface area contributed by atoms with E-state index in [1.165, 1.54) is 6.26 Å². The van der Waals surface area contributed by atoms with E-state index in [0.29, 0.717) is 6.42 Å². The van der Waals surface area contributed by atoms with Crippen molar-refractivity contribution >= 4 is 15.9 Å². The van der Waals surface area contributed by atoms with E-state index in [4.69, 9.17) is 0 Å². The van der Waals surface area contributed by atoms with Crippen LogP contribution >= 0.6 is 0 Å². The van der Waals surface area contributed by atoms with Gasteiger partial charge in [-0.1, -0.05) is 18.2 Å². The average Bonchev–Trinajstić information content (AvgIpc) is 2.06. The first-order valence-electron chi connectivity index (χ1n) is 3.92. The van der Waals surface area contributed by atoms with Gasteiger partial charge in [0.05, 0.1) is 10.8 Å². The van der Waals surface area contributed by atoms with Gasteiger partial charge in [0, 0.05) is 12.7 Å². The van der Waals surface area contributed by atoms with Crippen LogP contribution in [0.1, 0.15) is 19.3 Å². The molecule has 0 amide bonds. The summed E-state index contributed by atoms with van der Waals surface area (Å²) in [5.74, 6) is 0. The van der Waals surface area contributed by atoms with Crippen molar-refractivity contribution in [2.24, 2.45) is 0 Å². The molecule has 1 aliphatic carbocycles. The molecule has 66 valence electrons. The Hall–Kier alpha value is -0.700. The van der Waals surface area contributed by atoms with E-state index in [1.54, 1.807) is 0 Å². The summed E-state index contributed by atoms with van der Waals surface area (Å²) in [6.07, 6.45) is 9.80. The van der Waals surface area contributed by atoms with Crippen molar-refractivity contribution < 1.29 is 9.00 Å². The van der Waals surface area contributed by atoms with Gasteiger partial charge in [0.15, 0.2) is 0 Å². The van der Waals surface area contributed by atoms with Crippen LogP contribution in [0.2, 0.25) is 0 Å². The van der Waals surface area contributed by atoms with Crippen LogP contribution in [0.15, 0.2) is 23.8 Å². The van der Waals surface area contributed by atoms with Crippen LogP contribution in [0.4, 0.5) is 0 Å². The van der Waals surface area contributed by atoms with Crippen molar-refractivity contribution in [1.29, 1.82) is 0 Å². The smallest absolute Gasteiger partial charge is 0.222 e. The number of carbonyl (C=O) groups is 1. The van der Waals surface area contributed by atoms with Gasteiger partial charge in [-0.15, -0.1) is 0 Å². The maximum absolute atomic E-state index is 11.0. The molecule has 0 saturated carbocycles. The van der Waals surface area contributed by atoms with Gasteiger partial charge in [0.2, 0.25) is 5.12 Å². The Morgan fingerprint density at radius 3 is 2.83 bits per heavy atom. The van der Waals surface area contributed by atoms with Crippen molar-refractivity contribution in [2.75, 3.05) is 6.26 Å². The Bertz CT molecular complexity index is 264. The lowest BCUT2D eigenvalue weighted by atomic mass is 10.1. The van der Waals surface area contributed by atoms with Crippen LogP contribution < -0.4 is 0 Å². The van der Waals surface area contributed by atoms with Crippen LogP contribution in [0.3, 0.4) is 0 Å². The standard InChI is InChI=1S/C9H12O2S/c1-12(11)9(10)7-8-5-3-2-4-6-8/h3,5-6H,2,4,7H2,1H3. The summed E-state index contributed by atoms with van der Waals surface area (Å²) in [5.41, 5.74) is 1.00. The van der Waals surface area contributed by atoms with Gasteiger partial charge in [-0.05, 0) is 18.4 Å².